The van der Waals surface area contributed by atoms with Crippen LogP contribution in [0.4, 0.5) is 5.69 Å². The predicted octanol–water partition coefficient (Wildman–Crippen LogP) is 3.22. The summed E-state index contributed by atoms with van der Waals surface area (Å²) in [4.78, 5) is 49.9. The monoisotopic (exact) mass is 444 g/mol. The maximum absolute atomic E-state index is 12.4. The van der Waals surface area contributed by atoms with Gasteiger partial charge in [-0.15, -0.1) is 0 Å². The fourth-order valence-electron chi connectivity index (χ4n) is 3.17. The lowest BCUT2D eigenvalue weighted by atomic mass is 10.1. The molecule has 0 spiro atoms. The van der Waals surface area contributed by atoms with Crippen LogP contribution >= 0.6 is 11.6 Å². The third-order valence-electron chi connectivity index (χ3n) is 4.69. The molecule has 0 unspecified atom stereocenters. The molecule has 0 fully saturated rings. The van der Waals surface area contributed by atoms with Gasteiger partial charge in [-0.05, 0) is 43.7 Å². The van der Waals surface area contributed by atoms with Gasteiger partial charge in [0.05, 0.1) is 23.9 Å². The Morgan fingerprint density at radius 1 is 1.06 bits per heavy atom. The molecular weight excluding hydrogens is 424 g/mol. The topological polar surface area (TPSA) is 102 Å². The van der Waals surface area contributed by atoms with Crippen LogP contribution in [0.3, 0.4) is 0 Å². The van der Waals surface area contributed by atoms with Gasteiger partial charge in [-0.2, -0.15) is 0 Å². The van der Waals surface area contributed by atoms with Crippen LogP contribution < -0.4 is 10.1 Å². The molecule has 0 aliphatic carbocycles. The van der Waals surface area contributed by atoms with Crippen molar-refractivity contribution in [3.8, 4) is 5.75 Å². The minimum Gasteiger partial charge on any atom is -0.495 e. The fourth-order valence-corrected chi connectivity index (χ4v) is 3.34. The number of imide groups is 1. The normalized spacial score (nSPS) is 12.5. The Hall–Kier alpha value is -3.39. The highest BCUT2D eigenvalue weighted by molar-refractivity contribution is 6.31. The molecule has 2 aromatic rings. The zero-order chi connectivity index (χ0) is 22.5. The first-order valence-electron chi connectivity index (χ1n) is 9.56. The zero-order valence-corrected chi connectivity index (χ0v) is 17.8. The lowest BCUT2D eigenvalue weighted by Crippen LogP contribution is -2.31. The van der Waals surface area contributed by atoms with Crippen LogP contribution in [-0.4, -0.2) is 48.9 Å². The van der Waals surface area contributed by atoms with Gasteiger partial charge in [0.1, 0.15) is 5.75 Å². The highest BCUT2D eigenvalue weighted by Gasteiger charge is 2.35. The van der Waals surface area contributed by atoms with E-state index in [1.54, 1.807) is 30.3 Å². The van der Waals surface area contributed by atoms with Gasteiger partial charge in [-0.3, -0.25) is 24.1 Å². The van der Waals surface area contributed by atoms with E-state index in [1.165, 1.54) is 13.2 Å². The molecule has 8 nitrogen and oxygen atoms in total. The van der Waals surface area contributed by atoms with Gasteiger partial charge < -0.3 is 14.8 Å². The number of nitrogens with zero attached hydrogens (tertiary/aromatic N) is 1. The number of esters is 1. The standard InChI is InChI=1S/C22H21ClN2O6/c1-13-5-7-15-16(10-13)22(29)25(21(15)28)9-3-4-20(27)31-12-19(26)24-17-11-14(23)6-8-18(17)30-2/h5-8,10-11H,3-4,9,12H2,1-2H3,(H,24,26). The molecule has 0 saturated carbocycles. The number of rotatable bonds is 8. The van der Waals surface area contributed by atoms with E-state index in [4.69, 9.17) is 21.1 Å². The second kappa shape index (κ2) is 9.61. The number of benzene rings is 2. The van der Waals surface area contributed by atoms with Gasteiger partial charge in [-0.25, -0.2) is 0 Å². The van der Waals surface area contributed by atoms with E-state index in [0.717, 1.165) is 10.5 Å². The van der Waals surface area contributed by atoms with Crippen LogP contribution in [0.1, 0.15) is 39.1 Å². The largest absolute Gasteiger partial charge is 0.495 e. The van der Waals surface area contributed by atoms with Crippen LogP contribution in [0.2, 0.25) is 5.02 Å². The second-order valence-corrected chi connectivity index (χ2v) is 7.40. The summed E-state index contributed by atoms with van der Waals surface area (Å²) in [5.41, 5.74) is 1.99. The molecule has 0 bridgehead atoms. The zero-order valence-electron chi connectivity index (χ0n) is 17.1. The van der Waals surface area contributed by atoms with Gasteiger partial charge in [0, 0.05) is 18.0 Å². The van der Waals surface area contributed by atoms with Crippen molar-refractivity contribution < 1.29 is 28.7 Å². The summed E-state index contributed by atoms with van der Waals surface area (Å²) < 4.78 is 10.1. The van der Waals surface area contributed by atoms with Crippen LogP contribution in [0.15, 0.2) is 36.4 Å². The van der Waals surface area contributed by atoms with E-state index >= 15 is 0 Å². The van der Waals surface area contributed by atoms with Crippen molar-refractivity contribution in [1.82, 2.24) is 4.90 Å². The first-order chi connectivity index (χ1) is 14.8. The molecule has 1 N–H and O–H groups in total. The van der Waals surface area contributed by atoms with E-state index in [2.05, 4.69) is 5.32 Å². The van der Waals surface area contributed by atoms with E-state index in [-0.39, 0.29) is 31.2 Å². The van der Waals surface area contributed by atoms with Crippen molar-refractivity contribution in [1.29, 1.82) is 0 Å². The van der Waals surface area contributed by atoms with Crippen molar-refractivity contribution in [3.63, 3.8) is 0 Å². The van der Waals surface area contributed by atoms with E-state index in [9.17, 15) is 19.2 Å². The van der Waals surface area contributed by atoms with E-state index < -0.39 is 18.5 Å². The number of aryl methyl sites for hydroxylation is 1. The number of carbonyl (C=O) groups is 4. The van der Waals surface area contributed by atoms with Crippen LogP contribution in [0.5, 0.6) is 5.75 Å². The quantitative estimate of drug-likeness (QED) is 0.495. The third kappa shape index (κ3) is 5.21. The molecule has 162 valence electrons. The van der Waals surface area contributed by atoms with Gasteiger partial charge in [0.15, 0.2) is 6.61 Å². The van der Waals surface area contributed by atoms with E-state index in [1.807, 2.05) is 6.92 Å². The second-order valence-electron chi connectivity index (χ2n) is 6.97. The Morgan fingerprint density at radius 2 is 1.81 bits per heavy atom. The summed E-state index contributed by atoms with van der Waals surface area (Å²) in [5, 5.41) is 2.97. The molecular formula is C22H21ClN2O6. The van der Waals surface area contributed by atoms with Gasteiger partial charge in [0.25, 0.3) is 17.7 Å². The Morgan fingerprint density at radius 3 is 2.55 bits per heavy atom. The SMILES string of the molecule is COc1ccc(Cl)cc1NC(=O)COC(=O)CCCN1C(=O)c2ccc(C)cc2C1=O. The Kier molecular flexibility index (Phi) is 6.91. The molecule has 0 aromatic heterocycles. The summed E-state index contributed by atoms with van der Waals surface area (Å²) in [6, 6.07) is 9.82. The molecule has 0 atom stereocenters. The summed E-state index contributed by atoms with van der Waals surface area (Å²) >= 11 is 5.91. The summed E-state index contributed by atoms with van der Waals surface area (Å²) in [6.45, 7) is 1.45. The molecule has 0 saturated heterocycles. The van der Waals surface area contributed by atoms with Crippen molar-refractivity contribution in [3.05, 3.63) is 58.1 Å². The first kappa shape index (κ1) is 22.3. The molecule has 9 heteroatoms. The smallest absolute Gasteiger partial charge is 0.306 e. The number of hydrogen-bond donors (Lipinski definition) is 1. The number of nitrogens with one attached hydrogen (secondary N) is 1. The van der Waals surface area contributed by atoms with Crippen LogP contribution in [0, 0.1) is 6.92 Å². The maximum Gasteiger partial charge on any atom is 0.306 e. The minimum absolute atomic E-state index is 0.0415. The number of hydrogen-bond acceptors (Lipinski definition) is 6. The third-order valence-corrected chi connectivity index (χ3v) is 4.92. The van der Waals surface area contributed by atoms with E-state index in [0.29, 0.717) is 27.6 Å². The lowest BCUT2D eigenvalue weighted by Gasteiger charge is -2.13. The number of methoxy groups -OCH3 is 1. The number of ether oxygens (including phenoxy) is 2. The van der Waals surface area contributed by atoms with Gasteiger partial charge >= 0.3 is 5.97 Å². The molecule has 1 heterocycles. The molecule has 1 aliphatic rings. The van der Waals surface area contributed by atoms with Crippen molar-refractivity contribution in [2.75, 3.05) is 25.6 Å². The molecule has 31 heavy (non-hydrogen) atoms. The number of anilines is 1. The minimum atomic E-state index is -0.610. The highest BCUT2D eigenvalue weighted by atomic mass is 35.5. The highest BCUT2D eigenvalue weighted by Crippen LogP contribution is 2.27. The number of amides is 3. The fraction of sp³-hybridized carbons (Fsp3) is 0.273. The first-order valence-corrected chi connectivity index (χ1v) is 9.94. The molecule has 3 amide bonds. The average Bonchev–Trinajstić information content (AvgIpc) is 2.96. The predicted molar refractivity (Wildman–Crippen MR) is 113 cm³/mol. The molecule has 2 aromatic carbocycles. The van der Waals surface area contributed by atoms with Crippen molar-refractivity contribution in [2.45, 2.75) is 19.8 Å². The Labute approximate surface area is 184 Å². The Bertz CT molecular complexity index is 1050. The number of fused-ring (bicyclic) bond motifs is 1. The van der Waals surface area contributed by atoms with Crippen LogP contribution in [0.25, 0.3) is 0 Å². The van der Waals surface area contributed by atoms with Crippen LogP contribution in [-0.2, 0) is 14.3 Å². The number of halogens is 1. The maximum atomic E-state index is 12.4. The van der Waals surface area contributed by atoms with Gasteiger partial charge in [-0.1, -0.05) is 23.2 Å². The van der Waals surface area contributed by atoms with Gasteiger partial charge in [0.2, 0.25) is 0 Å². The van der Waals surface area contributed by atoms with Crippen molar-refractivity contribution >= 4 is 41.0 Å². The molecule has 3 rings (SSSR count). The summed E-state index contributed by atoms with van der Waals surface area (Å²) in [7, 11) is 1.45. The molecule has 1 aliphatic heterocycles. The van der Waals surface area contributed by atoms with Crippen molar-refractivity contribution in [2.24, 2.45) is 0 Å². The summed E-state index contributed by atoms with van der Waals surface area (Å²) in [5.74, 6) is -1.49. The lowest BCUT2D eigenvalue weighted by molar-refractivity contribution is -0.147. The summed E-state index contributed by atoms with van der Waals surface area (Å²) in [6.07, 6.45) is 0.188. The Balaban J connectivity index is 1.44. The number of carbonyl (C=O) groups excluding carboxylic acids is 4. The molecule has 0 radical (unpaired) electrons. The average molecular weight is 445 g/mol.